The van der Waals surface area contributed by atoms with Crippen molar-refractivity contribution in [2.24, 2.45) is 11.8 Å². The maximum atomic E-state index is 12.7. The van der Waals surface area contributed by atoms with Crippen LogP contribution < -0.4 is 10.6 Å². The van der Waals surface area contributed by atoms with Crippen LogP contribution in [0.25, 0.3) is 0 Å². The summed E-state index contributed by atoms with van der Waals surface area (Å²) in [6.07, 6.45) is 9.64. The number of likely N-dealkylation sites (tertiary alicyclic amines) is 1. The first-order valence-electron chi connectivity index (χ1n) is 9.94. The van der Waals surface area contributed by atoms with Crippen LogP contribution in [0.3, 0.4) is 0 Å². The summed E-state index contributed by atoms with van der Waals surface area (Å²) in [6, 6.07) is 1.84. The summed E-state index contributed by atoms with van der Waals surface area (Å²) < 4.78 is 0. The average Bonchev–Trinajstić information content (AvgIpc) is 3.11. The summed E-state index contributed by atoms with van der Waals surface area (Å²) in [4.78, 5) is 27.1. The molecule has 5 heteroatoms. The highest BCUT2D eigenvalue weighted by atomic mass is 16.2. The molecule has 1 saturated carbocycles. The smallest absolute Gasteiger partial charge is 0.225 e. The molecule has 5 nitrogen and oxygen atoms in total. The Hall–Kier alpha value is -1.10. The maximum Gasteiger partial charge on any atom is 0.225 e. The van der Waals surface area contributed by atoms with Gasteiger partial charge in [-0.1, -0.05) is 6.92 Å². The standard InChI is InChI=1S/C19H31N3O2/c1-12-2-6-17(7-3-12)22-11-13(8-18(22)23)19(24)21-16-9-14-4-5-15(10-16)20-14/h12-17,20H,2-11H2,1H3,(H,21,24). The number of hydrogen-bond donors (Lipinski definition) is 2. The lowest BCUT2D eigenvalue weighted by Crippen LogP contribution is -2.49. The van der Waals surface area contributed by atoms with E-state index in [2.05, 4.69) is 17.6 Å². The van der Waals surface area contributed by atoms with Crippen molar-refractivity contribution < 1.29 is 9.59 Å². The van der Waals surface area contributed by atoms with E-state index in [9.17, 15) is 9.59 Å². The second-order valence-electron chi connectivity index (χ2n) is 8.68. The highest BCUT2D eigenvalue weighted by molar-refractivity contribution is 5.89. The number of carbonyl (C=O) groups excluding carboxylic acids is 2. The van der Waals surface area contributed by atoms with E-state index in [1.54, 1.807) is 0 Å². The minimum atomic E-state index is -0.135. The van der Waals surface area contributed by atoms with E-state index in [1.807, 2.05) is 4.90 Å². The van der Waals surface area contributed by atoms with Gasteiger partial charge >= 0.3 is 0 Å². The summed E-state index contributed by atoms with van der Waals surface area (Å²) in [6.45, 7) is 2.94. The van der Waals surface area contributed by atoms with Crippen molar-refractivity contribution in [2.45, 2.75) is 88.9 Å². The molecule has 4 fully saturated rings. The first kappa shape index (κ1) is 16.4. The minimum absolute atomic E-state index is 0.112. The van der Waals surface area contributed by atoms with Crippen molar-refractivity contribution in [3.05, 3.63) is 0 Å². The number of nitrogens with one attached hydrogen (secondary N) is 2. The minimum Gasteiger partial charge on any atom is -0.353 e. The van der Waals surface area contributed by atoms with Gasteiger partial charge in [0.1, 0.15) is 0 Å². The molecular formula is C19H31N3O2. The maximum absolute atomic E-state index is 12.7. The zero-order chi connectivity index (χ0) is 16.7. The van der Waals surface area contributed by atoms with Gasteiger partial charge in [0.05, 0.1) is 5.92 Å². The molecule has 2 bridgehead atoms. The fourth-order valence-electron chi connectivity index (χ4n) is 5.31. The third-order valence-corrected chi connectivity index (χ3v) is 6.77. The summed E-state index contributed by atoms with van der Waals surface area (Å²) in [5, 5.41) is 6.86. The molecule has 0 radical (unpaired) electrons. The quantitative estimate of drug-likeness (QED) is 0.828. The Bertz CT molecular complexity index is 489. The number of carbonyl (C=O) groups is 2. The van der Waals surface area contributed by atoms with E-state index in [0.29, 0.717) is 37.1 Å². The Balaban J connectivity index is 1.30. The Morgan fingerprint density at radius 1 is 1.08 bits per heavy atom. The molecule has 3 saturated heterocycles. The molecule has 1 aliphatic carbocycles. The number of fused-ring (bicyclic) bond motifs is 2. The SMILES string of the molecule is CC1CCC(N2CC(C(=O)NC3CC4CCC(C3)N4)CC2=O)CC1. The molecule has 24 heavy (non-hydrogen) atoms. The van der Waals surface area contributed by atoms with Crippen LogP contribution in [0, 0.1) is 11.8 Å². The van der Waals surface area contributed by atoms with Crippen LogP contribution in [0.5, 0.6) is 0 Å². The van der Waals surface area contributed by atoms with E-state index in [0.717, 1.165) is 31.6 Å². The van der Waals surface area contributed by atoms with Crippen molar-refractivity contribution in [3.63, 3.8) is 0 Å². The summed E-state index contributed by atoms with van der Waals surface area (Å²) in [5.41, 5.74) is 0. The first-order chi connectivity index (χ1) is 11.6. The van der Waals surface area contributed by atoms with Crippen LogP contribution in [0.1, 0.15) is 64.7 Å². The zero-order valence-corrected chi connectivity index (χ0v) is 14.8. The summed E-state index contributed by atoms with van der Waals surface area (Å²) >= 11 is 0. The topological polar surface area (TPSA) is 61.4 Å². The highest BCUT2D eigenvalue weighted by Gasteiger charge is 2.40. The molecule has 0 aromatic heterocycles. The molecule has 2 amide bonds. The van der Waals surface area contributed by atoms with Crippen molar-refractivity contribution in [1.82, 2.24) is 15.5 Å². The van der Waals surface area contributed by atoms with Gasteiger partial charge in [-0.2, -0.15) is 0 Å². The molecule has 2 N–H and O–H groups in total. The van der Waals surface area contributed by atoms with E-state index in [-0.39, 0.29) is 17.7 Å². The van der Waals surface area contributed by atoms with Gasteiger partial charge in [-0.3, -0.25) is 9.59 Å². The van der Waals surface area contributed by atoms with Crippen molar-refractivity contribution >= 4 is 11.8 Å². The highest BCUT2D eigenvalue weighted by Crippen LogP contribution is 2.32. The molecule has 4 aliphatic rings. The molecule has 0 aromatic carbocycles. The van der Waals surface area contributed by atoms with Crippen LogP contribution in [-0.4, -0.2) is 47.4 Å². The van der Waals surface area contributed by atoms with E-state index in [1.165, 1.54) is 25.7 Å². The van der Waals surface area contributed by atoms with Gasteiger partial charge in [0.25, 0.3) is 0 Å². The van der Waals surface area contributed by atoms with Gasteiger partial charge in [-0.25, -0.2) is 0 Å². The van der Waals surface area contributed by atoms with Crippen LogP contribution >= 0.6 is 0 Å². The molecular weight excluding hydrogens is 302 g/mol. The van der Waals surface area contributed by atoms with Gasteiger partial charge in [0.2, 0.25) is 11.8 Å². The Labute approximate surface area is 144 Å². The van der Waals surface area contributed by atoms with Gasteiger partial charge in [0, 0.05) is 37.1 Å². The van der Waals surface area contributed by atoms with E-state index in [4.69, 9.17) is 0 Å². The van der Waals surface area contributed by atoms with Gasteiger partial charge in [-0.05, 0) is 57.3 Å². The second kappa shape index (κ2) is 6.66. The Morgan fingerprint density at radius 2 is 1.75 bits per heavy atom. The third kappa shape index (κ3) is 3.32. The summed E-state index contributed by atoms with van der Waals surface area (Å²) in [7, 11) is 0. The monoisotopic (exact) mass is 333 g/mol. The fourth-order valence-corrected chi connectivity index (χ4v) is 5.31. The fraction of sp³-hybridized carbons (Fsp3) is 0.895. The second-order valence-corrected chi connectivity index (χ2v) is 8.68. The van der Waals surface area contributed by atoms with E-state index < -0.39 is 0 Å². The largest absolute Gasteiger partial charge is 0.353 e. The van der Waals surface area contributed by atoms with Crippen LogP contribution in [0.4, 0.5) is 0 Å². The van der Waals surface area contributed by atoms with E-state index >= 15 is 0 Å². The molecule has 3 heterocycles. The lowest BCUT2D eigenvalue weighted by Gasteiger charge is -2.34. The van der Waals surface area contributed by atoms with Gasteiger partial charge < -0.3 is 15.5 Å². The average molecular weight is 333 g/mol. The lowest BCUT2D eigenvalue weighted by atomic mass is 9.86. The van der Waals surface area contributed by atoms with Crippen molar-refractivity contribution in [1.29, 1.82) is 0 Å². The molecule has 0 spiro atoms. The number of rotatable bonds is 3. The number of piperidine rings is 1. The summed E-state index contributed by atoms with van der Waals surface area (Å²) in [5.74, 6) is 0.958. The van der Waals surface area contributed by atoms with Crippen LogP contribution in [0.2, 0.25) is 0 Å². The van der Waals surface area contributed by atoms with Crippen LogP contribution in [-0.2, 0) is 9.59 Å². The van der Waals surface area contributed by atoms with Gasteiger partial charge in [0.15, 0.2) is 0 Å². The van der Waals surface area contributed by atoms with Crippen molar-refractivity contribution in [3.8, 4) is 0 Å². The molecule has 3 atom stereocenters. The predicted octanol–water partition coefficient (Wildman–Crippen LogP) is 1.81. The first-order valence-corrected chi connectivity index (χ1v) is 9.94. The third-order valence-electron chi connectivity index (χ3n) is 6.77. The van der Waals surface area contributed by atoms with Gasteiger partial charge in [-0.15, -0.1) is 0 Å². The normalized spacial score (nSPS) is 42.4. The number of hydrogen-bond acceptors (Lipinski definition) is 3. The molecule has 0 aromatic rings. The van der Waals surface area contributed by atoms with Crippen molar-refractivity contribution in [2.75, 3.05) is 6.54 Å². The molecule has 3 unspecified atom stereocenters. The molecule has 4 rings (SSSR count). The molecule has 3 aliphatic heterocycles. The lowest BCUT2D eigenvalue weighted by molar-refractivity contribution is -0.131. The zero-order valence-electron chi connectivity index (χ0n) is 14.8. The predicted molar refractivity (Wildman–Crippen MR) is 92.4 cm³/mol. The number of nitrogens with zero attached hydrogens (tertiary/aromatic N) is 1. The van der Waals surface area contributed by atoms with Crippen LogP contribution in [0.15, 0.2) is 0 Å². The Kier molecular flexibility index (Phi) is 4.54. The Morgan fingerprint density at radius 3 is 2.42 bits per heavy atom. The number of amides is 2. The molecule has 134 valence electrons.